The second-order valence-electron chi connectivity index (χ2n) is 4.79. The molecular weight excluding hydrogens is 276 g/mol. The highest BCUT2D eigenvalue weighted by Gasteiger charge is 2.30. The number of rotatable bonds is 7. The Labute approximate surface area is 122 Å². The van der Waals surface area contributed by atoms with Gasteiger partial charge >= 0.3 is 12.0 Å². The molecule has 0 bridgehead atoms. The highest BCUT2D eigenvalue weighted by atomic mass is 16.5. The Balaban J connectivity index is 2.61. The zero-order valence-corrected chi connectivity index (χ0v) is 12.0. The molecule has 1 rings (SSSR count). The maximum Gasteiger partial charge on any atom is 0.337 e. The topological polar surface area (TPSA) is 108 Å². The fourth-order valence-corrected chi connectivity index (χ4v) is 1.57. The number of ether oxygens (including phenoxy) is 1. The molecule has 7 heteroatoms. The van der Waals surface area contributed by atoms with Crippen molar-refractivity contribution in [2.45, 2.75) is 18.9 Å². The Morgan fingerprint density at radius 2 is 2.00 bits per heavy atom. The summed E-state index contributed by atoms with van der Waals surface area (Å²) >= 11 is 0. The molecule has 7 nitrogen and oxygen atoms in total. The molecule has 1 atom stereocenters. The first-order valence-electron chi connectivity index (χ1n) is 6.44. The fraction of sp³-hybridized carbons (Fsp3) is 0.429. The monoisotopic (exact) mass is 296 g/mol. The number of carboxylic acid groups (broad SMARTS) is 1. The number of carbonyl (C=O) groups excluding carboxylic acids is 1. The molecule has 21 heavy (non-hydrogen) atoms. The predicted molar refractivity (Wildman–Crippen MR) is 77.3 cm³/mol. The van der Waals surface area contributed by atoms with E-state index in [2.05, 4.69) is 10.6 Å². The Morgan fingerprint density at radius 3 is 2.62 bits per heavy atom. The number of hydrogen-bond acceptors (Lipinski definition) is 4. The lowest BCUT2D eigenvalue weighted by Gasteiger charge is -2.19. The van der Waals surface area contributed by atoms with E-state index in [0.29, 0.717) is 18.7 Å². The van der Waals surface area contributed by atoms with Crippen LogP contribution in [0.1, 0.15) is 12.5 Å². The third kappa shape index (κ3) is 5.41. The molecule has 0 saturated heterocycles. The first-order valence-corrected chi connectivity index (χ1v) is 6.44. The van der Waals surface area contributed by atoms with E-state index < -0.39 is 24.1 Å². The van der Waals surface area contributed by atoms with Gasteiger partial charge in [0.2, 0.25) is 0 Å². The standard InChI is InChI=1S/C14H20N2O5/c1-14(20,12(17)18)9-15-13(19)16-11-6-4-3-5-10(11)7-8-21-2/h3-6,20H,7-9H2,1-2H3,(H,17,18)(H2,15,16,19). The molecule has 0 spiro atoms. The third-order valence-corrected chi connectivity index (χ3v) is 2.89. The van der Waals surface area contributed by atoms with Crippen LogP contribution in [-0.4, -0.2) is 48.1 Å². The summed E-state index contributed by atoms with van der Waals surface area (Å²) in [7, 11) is 1.59. The summed E-state index contributed by atoms with van der Waals surface area (Å²) < 4.78 is 5.00. The van der Waals surface area contributed by atoms with E-state index in [9.17, 15) is 14.7 Å². The normalized spacial score (nSPS) is 13.3. The van der Waals surface area contributed by atoms with Crippen molar-refractivity contribution >= 4 is 17.7 Å². The molecule has 0 fully saturated rings. The van der Waals surface area contributed by atoms with Crippen LogP contribution < -0.4 is 10.6 Å². The molecule has 0 aliphatic heterocycles. The van der Waals surface area contributed by atoms with Gasteiger partial charge in [-0.1, -0.05) is 18.2 Å². The second-order valence-corrected chi connectivity index (χ2v) is 4.79. The summed E-state index contributed by atoms with van der Waals surface area (Å²) in [6, 6.07) is 6.64. The van der Waals surface area contributed by atoms with E-state index >= 15 is 0 Å². The van der Waals surface area contributed by atoms with E-state index in [-0.39, 0.29) is 0 Å². The van der Waals surface area contributed by atoms with Crippen LogP contribution in [0.15, 0.2) is 24.3 Å². The zero-order chi connectivity index (χ0) is 15.9. The maximum absolute atomic E-state index is 11.8. The molecule has 1 unspecified atom stereocenters. The van der Waals surface area contributed by atoms with Crippen LogP contribution in [0, 0.1) is 0 Å². The lowest BCUT2D eigenvalue weighted by molar-refractivity contribution is -0.155. The number of aliphatic carboxylic acids is 1. The van der Waals surface area contributed by atoms with Crippen molar-refractivity contribution in [1.29, 1.82) is 0 Å². The smallest absolute Gasteiger partial charge is 0.337 e. The zero-order valence-electron chi connectivity index (χ0n) is 12.0. The minimum atomic E-state index is -2.01. The van der Waals surface area contributed by atoms with Crippen molar-refractivity contribution in [3.63, 3.8) is 0 Å². The minimum Gasteiger partial charge on any atom is -0.479 e. The van der Waals surface area contributed by atoms with Crippen LogP contribution in [-0.2, 0) is 16.0 Å². The first kappa shape index (κ1) is 16.9. The molecule has 0 heterocycles. The lowest BCUT2D eigenvalue weighted by Crippen LogP contribution is -2.47. The van der Waals surface area contributed by atoms with Crippen molar-refractivity contribution < 1.29 is 24.5 Å². The molecule has 0 aliphatic carbocycles. The SMILES string of the molecule is COCCc1ccccc1NC(=O)NCC(C)(O)C(=O)O. The number of carbonyl (C=O) groups is 2. The van der Waals surface area contributed by atoms with E-state index in [1.807, 2.05) is 12.1 Å². The molecule has 0 radical (unpaired) electrons. The predicted octanol–water partition coefficient (Wildman–Crippen LogP) is 0.833. The average molecular weight is 296 g/mol. The Kier molecular flexibility index (Phi) is 6.13. The maximum atomic E-state index is 11.8. The number of urea groups is 1. The molecule has 1 aromatic carbocycles. The van der Waals surface area contributed by atoms with Gasteiger partial charge in [-0.15, -0.1) is 0 Å². The summed E-state index contributed by atoms with van der Waals surface area (Å²) in [6.45, 7) is 1.24. The van der Waals surface area contributed by atoms with Crippen LogP contribution in [0.4, 0.5) is 10.5 Å². The number of para-hydroxylation sites is 1. The van der Waals surface area contributed by atoms with Gasteiger partial charge in [-0.05, 0) is 25.0 Å². The minimum absolute atomic E-state index is 0.394. The molecule has 116 valence electrons. The summed E-state index contributed by atoms with van der Waals surface area (Å²) in [5.41, 5.74) is -0.492. The first-order chi connectivity index (χ1) is 9.86. The molecule has 0 saturated carbocycles. The summed E-state index contributed by atoms with van der Waals surface area (Å²) in [6.07, 6.45) is 0.639. The van der Waals surface area contributed by atoms with Crippen molar-refractivity contribution in [2.75, 3.05) is 25.6 Å². The fourth-order valence-electron chi connectivity index (χ4n) is 1.57. The second kappa shape index (κ2) is 7.61. The van der Waals surface area contributed by atoms with Gasteiger partial charge in [0.05, 0.1) is 13.2 Å². The van der Waals surface area contributed by atoms with Crippen LogP contribution in [0.25, 0.3) is 0 Å². The summed E-state index contributed by atoms with van der Waals surface area (Å²) in [5, 5.41) is 23.2. The Hall–Kier alpha value is -2.12. The van der Waals surface area contributed by atoms with Crippen LogP contribution in [0.3, 0.4) is 0 Å². The number of amides is 2. The molecular formula is C14H20N2O5. The number of benzene rings is 1. The van der Waals surface area contributed by atoms with E-state index in [4.69, 9.17) is 9.84 Å². The van der Waals surface area contributed by atoms with Gasteiger partial charge < -0.3 is 25.6 Å². The highest BCUT2D eigenvalue weighted by Crippen LogP contribution is 2.15. The lowest BCUT2D eigenvalue weighted by atomic mass is 10.1. The molecule has 1 aromatic rings. The summed E-state index contributed by atoms with van der Waals surface area (Å²) in [4.78, 5) is 22.5. The van der Waals surface area contributed by atoms with Crippen molar-refractivity contribution in [3.8, 4) is 0 Å². The van der Waals surface area contributed by atoms with E-state index in [0.717, 1.165) is 12.5 Å². The van der Waals surface area contributed by atoms with Crippen molar-refractivity contribution in [3.05, 3.63) is 29.8 Å². The third-order valence-electron chi connectivity index (χ3n) is 2.89. The number of methoxy groups -OCH3 is 1. The van der Waals surface area contributed by atoms with Crippen LogP contribution in [0.2, 0.25) is 0 Å². The Bertz CT molecular complexity index is 502. The Morgan fingerprint density at radius 1 is 1.33 bits per heavy atom. The van der Waals surface area contributed by atoms with Crippen molar-refractivity contribution in [2.24, 2.45) is 0 Å². The van der Waals surface area contributed by atoms with Gasteiger partial charge in [-0.3, -0.25) is 0 Å². The van der Waals surface area contributed by atoms with Gasteiger partial charge in [0.25, 0.3) is 0 Å². The average Bonchev–Trinajstić information content (AvgIpc) is 2.44. The number of hydrogen-bond donors (Lipinski definition) is 4. The van der Waals surface area contributed by atoms with Crippen LogP contribution >= 0.6 is 0 Å². The van der Waals surface area contributed by atoms with Crippen LogP contribution in [0.5, 0.6) is 0 Å². The van der Waals surface area contributed by atoms with Gasteiger partial charge in [-0.2, -0.15) is 0 Å². The quantitative estimate of drug-likeness (QED) is 0.596. The number of anilines is 1. The van der Waals surface area contributed by atoms with E-state index in [1.165, 1.54) is 0 Å². The van der Waals surface area contributed by atoms with Gasteiger partial charge in [0, 0.05) is 12.8 Å². The van der Waals surface area contributed by atoms with Gasteiger partial charge in [0.1, 0.15) is 0 Å². The molecule has 0 aliphatic rings. The van der Waals surface area contributed by atoms with Gasteiger partial charge in [0.15, 0.2) is 5.60 Å². The molecule has 0 aromatic heterocycles. The number of carboxylic acids is 1. The summed E-state index contributed by atoms with van der Waals surface area (Å²) in [5.74, 6) is -1.40. The van der Waals surface area contributed by atoms with Crippen molar-refractivity contribution in [1.82, 2.24) is 5.32 Å². The molecule has 4 N–H and O–H groups in total. The van der Waals surface area contributed by atoms with E-state index in [1.54, 1.807) is 19.2 Å². The number of aliphatic hydroxyl groups is 1. The van der Waals surface area contributed by atoms with Gasteiger partial charge in [-0.25, -0.2) is 9.59 Å². The number of nitrogens with one attached hydrogen (secondary N) is 2. The largest absolute Gasteiger partial charge is 0.479 e. The molecule has 2 amide bonds. The highest BCUT2D eigenvalue weighted by molar-refractivity contribution is 5.90.